The number of hydrogen-bond acceptors (Lipinski definition) is 6. The molecule has 6 nitrogen and oxygen atoms in total. The Morgan fingerprint density at radius 3 is 0.690 bits per heavy atom. The average Bonchev–Trinajstić information content (AvgIpc) is 3.22. The lowest BCUT2D eigenvalue weighted by atomic mass is 10.0. The summed E-state index contributed by atoms with van der Waals surface area (Å²) in [5.74, 6) is -0.844. The van der Waals surface area contributed by atoms with Gasteiger partial charge in [-0.2, -0.15) is 0 Å². The van der Waals surface area contributed by atoms with Crippen LogP contribution >= 0.6 is 0 Å². The molecule has 0 bridgehead atoms. The van der Waals surface area contributed by atoms with Crippen molar-refractivity contribution in [1.29, 1.82) is 0 Å². The van der Waals surface area contributed by atoms with E-state index in [9.17, 15) is 14.4 Å². The molecule has 0 saturated heterocycles. The second-order valence-corrected chi connectivity index (χ2v) is 17.8. The standard InChI is InChI=1S/C52H100O6/c1-4-7-10-13-16-19-21-23-24-25-26-27-29-31-34-36-39-42-45-51(54)57-48-49(58-52(55)46-43-40-37-32-18-15-12-9-6-3)47-56-50(53)44-41-38-35-33-30-28-22-20-17-14-11-8-5-2/h49H,4-48H2,1-3H3/t49-/m0/s1. The summed E-state index contributed by atoms with van der Waals surface area (Å²) < 4.78 is 16.8. The van der Waals surface area contributed by atoms with Gasteiger partial charge in [-0.3, -0.25) is 14.4 Å². The van der Waals surface area contributed by atoms with Crippen LogP contribution in [0.3, 0.4) is 0 Å². The van der Waals surface area contributed by atoms with Gasteiger partial charge in [-0.1, -0.05) is 258 Å². The van der Waals surface area contributed by atoms with Gasteiger partial charge in [-0.25, -0.2) is 0 Å². The van der Waals surface area contributed by atoms with Crippen molar-refractivity contribution in [1.82, 2.24) is 0 Å². The summed E-state index contributed by atoms with van der Waals surface area (Å²) in [5.41, 5.74) is 0. The SMILES string of the molecule is CCCCCCCCCCCCCCCCCCCCC(=O)OC[C@H](COC(=O)CCCCCCCCCCCCCCC)OC(=O)CCCCCCCCCCC. The molecular weight excluding hydrogens is 721 g/mol. The first-order valence-corrected chi connectivity index (χ1v) is 26.0. The predicted octanol–water partition coefficient (Wildman–Crippen LogP) is 16.8. The van der Waals surface area contributed by atoms with Crippen molar-refractivity contribution in [2.45, 2.75) is 303 Å². The van der Waals surface area contributed by atoms with Crippen LogP contribution in [0.2, 0.25) is 0 Å². The lowest BCUT2D eigenvalue weighted by Crippen LogP contribution is -2.30. The minimum absolute atomic E-state index is 0.0621. The van der Waals surface area contributed by atoms with E-state index in [1.54, 1.807) is 0 Å². The van der Waals surface area contributed by atoms with Gasteiger partial charge >= 0.3 is 17.9 Å². The maximum absolute atomic E-state index is 12.7. The van der Waals surface area contributed by atoms with E-state index in [1.807, 2.05) is 0 Å². The Labute approximate surface area is 361 Å². The molecule has 0 amide bonds. The number of ether oxygens (including phenoxy) is 3. The van der Waals surface area contributed by atoms with E-state index in [0.717, 1.165) is 57.8 Å². The summed E-state index contributed by atoms with van der Waals surface area (Å²) in [4.78, 5) is 37.8. The van der Waals surface area contributed by atoms with Gasteiger partial charge in [0.1, 0.15) is 13.2 Å². The first-order valence-electron chi connectivity index (χ1n) is 26.0. The first-order chi connectivity index (χ1) is 28.5. The van der Waals surface area contributed by atoms with Gasteiger partial charge in [0, 0.05) is 19.3 Å². The zero-order valence-corrected chi connectivity index (χ0v) is 39.3. The van der Waals surface area contributed by atoms with Gasteiger partial charge in [0.15, 0.2) is 6.10 Å². The van der Waals surface area contributed by atoms with E-state index in [0.29, 0.717) is 19.3 Å². The van der Waals surface area contributed by atoms with Crippen LogP contribution in [-0.4, -0.2) is 37.2 Å². The second kappa shape index (κ2) is 48.1. The fraction of sp³-hybridized carbons (Fsp3) is 0.942. The largest absolute Gasteiger partial charge is 0.462 e. The highest BCUT2D eigenvalue weighted by Gasteiger charge is 2.19. The number of hydrogen-bond donors (Lipinski definition) is 0. The first kappa shape index (κ1) is 56.4. The van der Waals surface area contributed by atoms with Crippen molar-refractivity contribution in [3.63, 3.8) is 0 Å². The van der Waals surface area contributed by atoms with Crippen LogP contribution in [0.4, 0.5) is 0 Å². The van der Waals surface area contributed by atoms with Crippen LogP contribution in [-0.2, 0) is 28.6 Å². The number of carbonyl (C=O) groups excluding carboxylic acids is 3. The number of esters is 3. The van der Waals surface area contributed by atoms with E-state index < -0.39 is 6.10 Å². The molecule has 0 aromatic carbocycles. The summed E-state index contributed by atoms with van der Waals surface area (Å²) in [5, 5.41) is 0. The summed E-state index contributed by atoms with van der Waals surface area (Å²) in [6.45, 7) is 6.66. The molecule has 1 atom stereocenters. The van der Waals surface area contributed by atoms with Gasteiger partial charge in [-0.05, 0) is 19.3 Å². The van der Waals surface area contributed by atoms with Gasteiger partial charge in [0.2, 0.25) is 0 Å². The number of carbonyl (C=O) groups is 3. The molecule has 58 heavy (non-hydrogen) atoms. The Morgan fingerprint density at radius 2 is 0.466 bits per heavy atom. The molecule has 0 radical (unpaired) electrons. The summed E-state index contributed by atoms with van der Waals surface area (Å²) in [6, 6.07) is 0. The Balaban J connectivity index is 4.20. The minimum Gasteiger partial charge on any atom is -0.462 e. The smallest absolute Gasteiger partial charge is 0.306 e. The molecule has 344 valence electrons. The van der Waals surface area contributed by atoms with E-state index in [1.165, 1.54) is 199 Å². The summed E-state index contributed by atoms with van der Waals surface area (Å²) in [7, 11) is 0. The van der Waals surface area contributed by atoms with E-state index >= 15 is 0 Å². The van der Waals surface area contributed by atoms with Gasteiger partial charge in [0.25, 0.3) is 0 Å². The maximum Gasteiger partial charge on any atom is 0.306 e. The lowest BCUT2D eigenvalue weighted by Gasteiger charge is -2.18. The maximum atomic E-state index is 12.7. The van der Waals surface area contributed by atoms with Crippen molar-refractivity contribution >= 4 is 17.9 Å². The molecule has 0 aliphatic heterocycles. The van der Waals surface area contributed by atoms with Gasteiger partial charge in [-0.15, -0.1) is 0 Å². The molecular formula is C52H100O6. The third kappa shape index (κ3) is 45.5. The zero-order valence-electron chi connectivity index (χ0n) is 39.3. The van der Waals surface area contributed by atoms with Crippen molar-refractivity contribution in [2.24, 2.45) is 0 Å². The fourth-order valence-electron chi connectivity index (χ4n) is 7.92. The summed E-state index contributed by atoms with van der Waals surface area (Å²) in [6.07, 6.45) is 50.9. The molecule has 0 saturated carbocycles. The van der Waals surface area contributed by atoms with Crippen LogP contribution in [0.1, 0.15) is 297 Å². The van der Waals surface area contributed by atoms with Crippen LogP contribution in [0.15, 0.2) is 0 Å². The van der Waals surface area contributed by atoms with Crippen molar-refractivity contribution < 1.29 is 28.6 Å². The fourth-order valence-corrected chi connectivity index (χ4v) is 7.92. The monoisotopic (exact) mass is 821 g/mol. The quantitative estimate of drug-likeness (QED) is 0.0346. The molecule has 0 fully saturated rings. The highest BCUT2D eigenvalue weighted by Crippen LogP contribution is 2.17. The highest BCUT2D eigenvalue weighted by molar-refractivity contribution is 5.71. The third-order valence-corrected chi connectivity index (χ3v) is 11.9. The average molecular weight is 821 g/mol. The Kier molecular flexibility index (Phi) is 46.8. The van der Waals surface area contributed by atoms with E-state index in [-0.39, 0.29) is 31.1 Å². The highest BCUT2D eigenvalue weighted by atomic mass is 16.6. The molecule has 0 aliphatic carbocycles. The molecule has 0 heterocycles. The molecule has 0 spiro atoms. The van der Waals surface area contributed by atoms with Crippen LogP contribution < -0.4 is 0 Å². The molecule has 0 rings (SSSR count). The van der Waals surface area contributed by atoms with Crippen molar-refractivity contribution in [2.75, 3.05) is 13.2 Å². The lowest BCUT2D eigenvalue weighted by molar-refractivity contribution is -0.167. The van der Waals surface area contributed by atoms with Crippen molar-refractivity contribution in [3.8, 4) is 0 Å². The van der Waals surface area contributed by atoms with Crippen LogP contribution in [0, 0.1) is 0 Å². The van der Waals surface area contributed by atoms with Gasteiger partial charge in [0.05, 0.1) is 0 Å². The van der Waals surface area contributed by atoms with Gasteiger partial charge < -0.3 is 14.2 Å². The molecule has 0 aliphatic rings. The summed E-state index contributed by atoms with van der Waals surface area (Å²) >= 11 is 0. The van der Waals surface area contributed by atoms with Crippen LogP contribution in [0.5, 0.6) is 0 Å². The molecule has 6 heteroatoms. The number of unbranched alkanes of at least 4 members (excludes halogenated alkanes) is 37. The normalized spacial score (nSPS) is 11.8. The predicted molar refractivity (Wildman–Crippen MR) is 247 cm³/mol. The van der Waals surface area contributed by atoms with Crippen molar-refractivity contribution in [3.05, 3.63) is 0 Å². The van der Waals surface area contributed by atoms with E-state index in [4.69, 9.17) is 14.2 Å². The number of rotatable bonds is 48. The third-order valence-electron chi connectivity index (χ3n) is 11.9. The molecule has 0 aromatic heterocycles. The molecule has 0 N–H and O–H groups in total. The topological polar surface area (TPSA) is 78.9 Å². The van der Waals surface area contributed by atoms with E-state index in [2.05, 4.69) is 20.8 Å². The Morgan fingerprint density at radius 1 is 0.276 bits per heavy atom. The second-order valence-electron chi connectivity index (χ2n) is 17.8. The zero-order chi connectivity index (χ0) is 42.3. The molecule has 0 unspecified atom stereocenters. The van der Waals surface area contributed by atoms with Crippen LogP contribution in [0.25, 0.3) is 0 Å². The minimum atomic E-state index is -0.758. The molecule has 0 aromatic rings. The Bertz CT molecular complexity index is 859. The Hall–Kier alpha value is -1.59.